The molecule has 1 aromatic heterocycles. The van der Waals surface area contributed by atoms with E-state index in [1.807, 2.05) is 0 Å². The van der Waals surface area contributed by atoms with Crippen molar-refractivity contribution in [1.29, 1.82) is 0 Å². The van der Waals surface area contributed by atoms with Gasteiger partial charge in [0.2, 0.25) is 5.88 Å². The minimum Gasteiger partial charge on any atom is -0.477 e. The number of hydrogen-bond donors (Lipinski definition) is 1. The van der Waals surface area contributed by atoms with Crippen molar-refractivity contribution in [2.75, 3.05) is 0 Å². The Bertz CT molecular complexity index is 665. The molecular formula is C14H11ClFNO3. The summed E-state index contributed by atoms with van der Waals surface area (Å²) in [5, 5.41) is 9.60. The molecule has 6 heteroatoms. The fourth-order valence-corrected chi connectivity index (χ4v) is 2.14. The van der Waals surface area contributed by atoms with Crippen LogP contribution in [0.3, 0.4) is 0 Å². The fourth-order valence-electron chi connectivity index (χ4n) is 1.82. The van der Waals surface area contributed by atoms with Crippen LogP contribution in [0.4, 0.5) is 4.39 Å². The second-order valence-corrected chi connectivity index (χ2v) is 4.72. The van der Waals surface area contributed by atoms with Gasteiger partial charge in [0.15, 0.2) is 0 Å². The smallest absolute Gasteiger partial charge is 0.341 e. The molecule has 2 rings (SSSR count). The number of carbonyl (C=O) groups is 1. The van der Waals surface area contributed by atoms with Gasteiger partial charge in [-0.05, 0) is 43.2 Å². The summed E-state index contributed by atoms with van der Waals surface area (Å²) < 4.78 is 18.6. The highest BCUT2D eigenvalue weighted by Gasteiger charge is 2.17. The molecule has 0 aliphatic rings. The zero-order chi connectivity index (χ0) is 14.9. The average molecular weight is 296 g/mol. The summed E-state index contributed by atoms with van der Waals surface area (Å²) in [5.74, 6) is -1.75. The number of rotatable bonds is 3. The predicted molar refractivity (Wildman–Crippen MR) is 72.2 cm³/mol. The van der Waals surface area contributed by atoms with Gasteiger partial charge in [-0.25, -0.2) is 14.2 Å². The SMILES string of the molecule is Cc1cc(Cl)cc(C)c1Oc1ncc(F)cc1C(=O)O. The van der Waals surface area contributed by atoms with E-state index in [-0.39, 0.29) is 11.4 Å². The molecule has 0 aliphatic carbocycles. The molecular weight excluding hydrogens is 285 g/mol. The van der Waals surface area contributed by atoms with Crippen molar-refractivity contribution >= 4 is 17.6 Å². The number of aromatic carboxylic acids is 1. The third-order valence-electron chi connectivity index (χ3n) is 2.67. The predicted octanol–water partition coefficient (Wildman–Crippen LogP) is 3.98. The molecule has 0 saturated heterocycles. The first-order chi connectivity index (χ1) is 9.38. The maximum Gasteiger partial charge on any atom is 0.341 e. The van der Waals surface area contributed by atoms with Crippen LogP contribution in [0, 0.1) is 19.7 Å². The number of nitrogens with zero attached hydrogens (tertiary/aromatic N) is 1. The van der Waals surface area contributed by atoms with Crippen LogP contribution in [0.5, 0.6) is 11.6 Å². The van der Waals surface area contributed by atoms with E-state index in [2.05, 4.69) is 4.98 Å². The number of carboxylic acids is 1. The van der Waals surface area contributed by atoms with Crippen LogP contribution in [0.1, 0.15) is 21.5 Å². The summed E-state index contributed by atoms with van der Waals surface area (Å²) in [7, 11) is 0. The highest BCUT2D eigenvalue weighted by molar-refractivity contribution is 6.30. The maximum atomic E-state index is 13.1. The molecule has 0 atom stereocenters. The van der Waals surface area contributed by atoms with E-state index >= 15 is 0 Å². The molecule has 1 aromatic carbocycles. The first-order valence-electron chi connectivity index (χ1n) is 5.72. The summed E-state index contributed by atoms with van der Waals surface area (Å²) >= 11 is 5.91. The van der Waals surface area contributed by atoms with Crippen LogP contribution < -0.4 is 4.74 Å². The summed E-state index contributed by atoms with van der Waals surface area (Å²) in [6.45, 7) is 3.55. The minimum absolute atomic E-state index is 0.160. The summed E-state index contributed by atoms with van der Waals surface area (Å²) in [4.78, 5) is 14.8. The van der Waals surface area contributed by atoms with Crippen molar-refractivity contribution in [3.8, 4) is 11.6 Å². The van der Waals surface area contributed by atoms with Gasteiger partial charge in [-0.2, -0.15) is 0 Å². The largest absolute Gasteiger partial charge is 0.477 e. The second-order valence-electron chi connectivity index (χ2n) is 4.28. The Morgan fingerprint density at radius 2 is 1.90 bits per heavy atom. The van der Waals surface area contributed by atoms with Crippen molar-refractivity contribution in [3.63, 3.8) is 0 Å². The van der Waals surface area contributed by atoms with E-state index in [1.165, 1.54) is 0 Å². The average Bonchev–Trinajstić information content (AvgIpc) is 2.34. The molecule has 0 saturated carbocycles. The van der Waals surface area contributed by atoms with Crippen molar-refractivity contribution in [2.24, 2.45) is 0 Å². The normalized spacial score (nSPS) is 10.4. The molecule has 104 valence electrons. The molecule has 0 bridgehead atoms. The van der Waals surface area contributed by atoms with Gasteiger partial charge >= 0.3 is 5.97 Å². The topological polar surface area (TPSA) is 59.4 Å². The quantitative estimate of drug-likeness (QED) is 0.930. The fraction of sp³-hybridized carbons (Fsp3) is 0.143. The summed E-state index contributed by atoms with van der Waals surface area (Å²) in [6, 6.07) is 4.24. The zero-order valence-corrected chi connectivity index (χ0v) is 11.5. The molecule has 0 amide bonds. The minimum atomic E-state index is -1.31. The molecule has 0 aliphatic heterocycles. The van der Waals surface area contributed by atoms with Crippen LogP contribution in [-0.2, 0) is 0 Å². The molecule has 20 heavy (non-hydrogen) atoms. The third-order valence-corrected chi connectivity index (χ3v) is 2.89. The highest BCUT2D eigenvalue weighted by Crippen LogP contribution is 2.32. The molecule has 1 N–H and O–H groups in total. The molecule has 0 unspecified atom stereocenters. The van der Waals surface area contributed by atoms with E-state index in [9.17, 15) is 9.18 Å². The van der Waals surface area contributed by atoms with Gasteiger partial charge in [-0.3, -0.25) is 0 Å². The third kappa shape index (κ3) is 2.88. The van der Waals surface area contributed by atoms with E-state index < -0.39 is 11.8 Å². The molecule has 1 heterocycles. The lowest BCUT2D eigenvalue weighted by atomic mass is 10.1. The number of benzene rings is 1. The highest BCUT2D eigenvalue weighted by atomic mass is 35.5. The standard InChI is InChI=1S/C14H11ClFNO3/c1-7-3-9(15)4-8(2)12(7)20-13-11(14(18)19)5-10(16)6-17-13/h3-6H,1-2H3,(H,18,19). The first kappa shape index (κ1) is 14.3. The van der Waals surface area contributed by atoms with Crippen molar-refractivity contribution in [2.45, 2.75) is 13.8 Å². The lowest BCUT2D eigenvalue weighted by Gasteiger charge is -2.13. The number of hydrogen-bond acceptors (Lipinski definition) is 3. The Morgan fingerprint density at radius 1 is 1.30 bits per heavy atom. The Labute approximate surface area is 119 Å². The van der Waals surface area contributed by atoms with E-state index in [0.29, 0.717) is 10.8 Å². The van der Waals surface area contributed by atoms with Gasteiger partial charge in [0.1, 0.15) is 17.1 Å². The Kier molecular flexibility index (Phi) is 3.90. The van der Waals surface area contributed by atoms with Crippen LogP contribution in [0.25, 0.3) is 0 Å². The van der Waals surface area contributed by atoms with Crippen LogP contribution in [-0.4, -0.2) is 16.1 Å². The van der Waals surface area contributed by atoms with Crippen LogP contribution in [0.2, 0.25) is 5.02 Å². The van der Waals surface area contributed by atoms with Crippen LogP contribution in [0.15, 0.2) is 24.4 Å². The molecule has 0 spiro atoms. The van der Waals surface area contributed by atoms with Gasteiger partial charge < -0.3 is 9.84 Å². The van der Waals surface area contributed by atoms with Gasteiger partial charge in [0, 0.05) is 5.02 Å². The summed E-state index contributed by atoms with van der Waals surface area (Å²) in [5.41, 5.74) is 1.13. The molecule has 4 nitrogen and oxygen atoms in total. The monoisotopic (exact) mass is 295 g/mol. The molecule has 2 aromatic rings. The van der Waals surface area contributed by atoms with E-state index in [4.69, 9.17) is 21.4 Å². The second kappa shape index (κ2) is 5.46. The van der Waals surface area contributed by atoms with Crippen molar-refractivity contribution < 1.29 is 19.0 Å². The number of aryl methyl sites for hydroxylation is 2. The number of ether oxygens (including phenoxy) is 1. The van der Waals surface area contributed by atoms with E-state index in [1.54, 1.807) is 26.0 Å². The Balaban J connectivity index is 2.48. The van der Waals surface area contributed by atoms with E-state index in [0.717, 1.165) is 23.4 Å². The zero-order valence-electron chi connectivity index (χ0n) is 10.8. The number of aromatic nitrogens is 1. The number of carboxylic acid groups (broad SMARTS) is 1. The van der Waals surface area contributed by atoms with Gasteiger partial charge in [0.05, 0.1) is 6.20 Å². The molecule has 0 radical (unpaired) electrons. The maximum absolute atomic E-state index is 13.1. The number of halogens is 2. The summed E-state index contributed by atoms with van der Waals surface area (Å²) in [6.07, 6.45) is 0.905. The van der Waals surface area contributed by atoms with Crippen molar-refractivity contribution in [3.05, 3.63) is 51.9 Å². The Morgan fingerprint density at radius 3 is 2.45 bits per heavy atom. The van der Waals surface area contributed by atoms with Gasteiger partial charge in [0.25, 0.3) is 0 Å². The Hall–Kier alpha value is -2.14. The first-order valence-corrected chi connectivity index (χ1v) is 6.09. The lowest BCUT2D eigenvalue weighted by Crippen LogP contribution is -2.04. The molecule has 0 fully saturated rings. The van der Waals surface area contributed by atoms with Crippen molar-refractivity contribution in [1.82, 2.24) is 4.98 Å². The lowest BCUT2D eigenvalue weighted by molar-refractivity contribution is 0.0692. The number of pyridine rings is 1. The van der Waals surface area contributed by atoms with Crippen LogP contribution >= 0.6 is 11.6 Å². The van der Waals surface area contributed by atoms with Gasteiger partial charge in [-0.1, -0.05) is 11.6 Å². The van der Waals surface area contributed by atoms with Gasteiger partial charge in [-0.15, -0.1) is 0 Å².